The average Bonchev–Trinajstić information content (AvgIpc) is 2.72. The van der Waals surface area contributed by atoms with Crippen molar-refractivity contribution in [2.75, 3.05) is 0 Å². The molecule has 3 heteroatoms. The lowest BCUT2D eigenvalue weighted by molar-refractivity contribution is 0.0932. The van der Waals surface area contributed by atoms with Crippen LogP contribution in [0.3, 0.4) is 0 Å². The second kappa shape index (κ2) is 4.62. The minimum Gasteiger partial charge on any atom is -0.360 e. The van der Waals surface area contributed by atoms with Crippen LogP contribution in [-0.4, -0.2) is 16.9 Å². The van der Waals surface area contributed by atoms with Crippen molar-refractivity contribution in [2.45, 2.75) is 26.8 Å². The SMILES string of the molecule is CC(C)C(C)NC(=O)c1c[nH]c2ccccc12. The fraction of sp³-hybridized carbons (Fsp3) is 0.357. The molecule has 1 aromatic carbocycles. The van der Waals surface area contributed by atoms with Gasteiger partial charge in [-0.1, -0.05) is 32.0 Å². The van der Waals surface area contributed by atoms with Gasteiger partial charge in [-0.2, -0.15) is 0 Å². The molecule has 1 heterocycles. The quantitative estimate of drug-likeness (QED) is 0.836. The lowest BCUT2D eigenvalue weighted by Gasteiger charge is -2.17. The molecule has 1 unspecified atom stereocenters. The summed E-state index contributed by atoms with van der Waals surface area (Å²) in [5.74, 6) is 0.424. The first-order valence-electron chi connectivity index (χ1n) is 5.96. The van der Waals surface area contributed by atoms with Crippen LogP contribution in [-0.2, 0) is 0 Å². The Kier molecular flexibility index (Phi) is 3.18. The zero-order chi connectivity index (χ0) is 12.4. The summed E-state index contributed by atoms with van der Waals surface area (Å²) in [6, 6.07) is 8.01. The van der Waals surface area contributed by atoms with Crippen LogP contribution in [0.15, 0.2) is 30.5 Å². The molecule has 0 saturated heterocycles. The second-order valence-corrected chi connectivity index (χ2v) is 4.75. The molecule has 3 nitrogen and oxygen atoms in total. The largest absolute Gasteiger partial charge is 0.360 e. The van der Waals surface area contributed by atoms with E-state index in [9.17, 15) is 4.79 Å². The molecular formula is C14H18N2O. The van der Waals surface area contributed by atoms with Crippen molar-refractivity contribution in [1.82, 2.24) is 10.3 Å². The van der Waals surface area contributed by atoms with Gasteiger partial charge in [0.25, 0.3) is 5.91 Å². The second-order valence-electron chi connectivity index (χ2n) is 4.75. The smallest absolute Gasteiger partial charge is 0.253 e. The van der Waals surface area contributed by atoms with Gasteiger partial charge in [0.2, 0.25) is 0 Å². The Morgan fingerprint density at radius 1 is 1.24 bits per heavy atom. The Hall–Kier alpha value is -1.77. The van der Waals surface area contributed by atoms with Gasteiger partial charge in [0.1, 0.15) is 0 Å². The van der Waals surface area contributed by atoms with Crippen molar-refractivity contribution in [1.29, 1.82) is 0 Å². The Balaban J connectivity index is 2.25. The molecule has 2 aromatic rings. The van der Waals surface area contributed by atoms with Gasteiger partial charge >= 0.3 is 0 Å². The maximum absolute atomic E-state index is 12.1. The molecule has 1 atom stereocenters. The van der Waals surface area contributed by atoms with Crippen LogP contribution < -0.4 is 5.32 Å². The minimum atomic E-state index is -0.0105. The molecule has 0 aliphatic rings. The van der Waals surface area contributed by atoms with Crippen LogP contribution in [0.4, 0.5) is 0 Å². The molecule has 90 valence electrons. The van der Waals surface area contributed by atoms with Crippen LogP contribution in [0.2, 0.25) is 0 Å². The predicted octanol–water partition coefficient (Wildman–Crippen LogP) is 2.94. The van der Waals surface area contributed by atoms with E-state index in [0.29, 0.717) is 11.5 Å². The number of carbonyl (C=O) groups is 1. The summed E-state index contributed by atoms with van der Waals surface area (Å²) < 4.78 is 0. The van der Waals surface area contributed by atoms with Crippen molar-refractivity contribution < 1.29 is 4.79 Å². The molecule has 0 fully saturated rings. The first-order valence-corrected chi connectivity index (χ1v) is 5.96. The summed E-state index contributed by atoms with van der Waals surface area (Å²) in [5.41, 5.74) is 1.71. The highest BCUT2D eigenvalue weighted by Crippen LogP contribution is 2.17. The highest BCUT2D eigenvalue weighted by molar-refractivity contribution is 6.06. The van der Waals surface area contributed by atoms with Gasteiger partial charge in [-0.15, -0.1) is 0 Å². The van der Waals surface area contributed by atoms with Gasteiger partial charge in [0.05, 0.1) is 5.56 Å². The fourth-order valence-electron chi connectivity index (χ4n) is 1.71. The molecule has 0 bridgehead atoms. The summed E-state index contributed by atoms with van der Waals surface area (Å²) in [5, 5.41) is 3.99. The molecule has 0 radical (unpaired) electrons. The van der Waals surface area contributed by atoms with Crippen LogP contribution >= 0.6 is 0 Å². The zero-order valence-corrected chi connectivity index (χ0v) is 10.4. The number of H-pyrrole nitrogens is 1. The van der Waals surface area contributed by atoms with E-state index in [4.69, 9.17) is 0 Å². The molecule has 0 spiro atoms. The highest BCUT2D eigenvalue weighted by atomic mass is 16.1. The van der Waals surface area contributed by atoms with E-state index in [1.54, 1.807) is 6.20 Å². The molecule has 1 aromatic heterocycles. The molecule has 0 aliphatic heterocycles. The minimum absolute atomic E-state index is 0.0105. The Morgan fingerprint density at radius 2 is 1.94 bits per heavy atom. The maximum atomic E-state index is 12.1. The molecule has 0 aliphatic carbocycles. The lowest BCUT2D eigenvalue weighted by atomic mass is 10.1. The molecular weight excluding hydrogens is 212 g/mol. The number of para-hydroxylation sites is 1. The predicted molar refractivity (Wildman–Crippen MR) is 70.1 cm³/mol. The average molecular weight is 230 g/mol. The number of nitrogens with one attached hydrogen (secondary N) is 2. The van der Waals surface area contributed by atoms with E-state index in [1.165, 1.54) is 0 Å². The van der Waals surface area contributed by atoms with E-state index in [1.807, 2.05) is 31.2 Å². The molecule has 2 rings (SSSR count). The first kappa shape index (κ1) is 11.7. The monoisotopic (exact) mass is 230 g/mol. The Labute approximate surface area is 101 Å². The van der Waals surface area contributed by atoms with Gasteiger partial charge in [-0.3, -0.25) is 4.79 Å². The van der Waals surface area contributed by atoms with Crippen molar-refractivity contribution in [3.05, 3.63) is 36.0 Å². The van der Waals surface area contributed by atoms with Crippen molar-refractivity contribution in [2.24, 2.45) is 5.92 Å². The Bertz CT molecular complexity index is 528. The Morgan fingerprint density at radius 3 is 2.65 bits per heavy atom. The zero-order valence-electron chi connectivity index (χ0n) is 10.4. The van der Waals surface area contributed by atoms with Gasteiger partial charge in [-0.05, 0) is 18.9 Å². The molecule has 2 N–H and O–H groups in total. The third kappa shape index (κ3) is 2.33. The van der Waals surface area contributed by atoms with E-state index >= 15 is 0 Å². The summed E-state index contributed by atoms with van der Waals surface area (Å²) in [7, 11) is 0. The summed E-state index contributed by atoms with van der Waals surface area (Å²) >= 11 is 0. The number of aromatic amines is 1. The first-order chi connectivity index (χ1) is 8.09. The van der Waals surface area contributed by atoms with Crippen molar-refractivity contribution in [3.63, 3.8) is 0 Å². The van der Waals surface area contributed by atoms with Gasteiger partial charge in [0.15, 0.2) is 0 Å². The molecule has 17 heavy (non-hydrogen) atoms. The number of fused-ring (bicyclic) bond motifs is 1. The van der Waals surface area contributed by atoms with Crippen LogP contribution in [0.1, 0.15) is 31.1 Å². The number of carbonyl (C=O) groups excluding carboxylic acids is 1. The van der Waals surface area contributed by atoms with E-state index < -0.39 is 0 Å². The molecule has 0 saturated carbocycles. The fourth-order valence-corrected chi connectivity index (χ4v) is 1.71. The number of hydrogen-bond acceptors (Lipinski definition) is 1. The number of amides is 1. The summed E-state index contributed by atoms with van der Waals surface area (Å²) in [4.78, 5) is 15.2. The summed E-state index contributed by atoms with van der Waals surface area (Å²) in [6.45, 7) is 6.22. The van der Waals surface area contributed by atoms with E-state index in [-0.39, 0.29) is 11.9 Å². The number of aromatic nitrogens is 1. The summed E-state index contributed by atoms with van der Waals surface area (Å²) in [6.07, 6.45) is 1.77. The third-order valence-corrected chi connectivity index (χ3v) is 3.19. The lowest BCUT2D eigenvalue weighted by Crippen LogP contribution is -2.35. The third-order valence-electron chi connectivity index (χ3n) is 3.19. The van der Waals surface area contributed by atoms with Crippen molar-refractivity contribution >= 4 is 16.8 Å². The van der Waals surface area contributed by atoms with Gasteiger partial charge in [0, 0.05) is 23.1 Å². The van der Waals surface area contributed by atoms with Crippen LogP contribution in [0.5, 0.6) is 0 Å². The van der Waals surface area contributed by atoms with Gasteiger partial charge in [-0.25, -0.2) is 0 Å². The van der Waals surface area contributed by atoms with Crippen LogP contribution in [0, 0.1) is 5.92 Å². The normalized spacial score (nSPS) is 12.9. The molecule has 1 amide bonds. The topological polar surface area (TPSA) is 44.9 Å². The number of benzene rings is 1. The number of hydrogen-bond donors (Lipinski definition) is 2. The van der Waals surface area contributed by atoms with E-state index in [0.717, 1.165) is 10.9 Å². The van der Waals surface area contributed by atoms with Gasteiger partial charge < -0.3 is 10.3 Å². The number of rotatable bonds is 3. The standard InChI is InChI=1S/C14H18N2O/c1-9(2)10(3)16-14(17)12-8-15-13-7-5-4-6-11(12)13/h4-10,15H,1-3H3,(H,16,17). The highest BCUT2D eigenvalue weighted by Gasteiger charge is 2.15. The van der Waals surface area contributed by atoms with E-state index in [2.05, 4.69) is 24.1 Å². The van der Waals surface area contributed by atoms with Crippen LogP contribution in [0.25, 0.3) is 10.9 Å². The maximum Gasteiger partial charge on any atom is 0.253 e. The van der Waals surface area contributed by atoms with Crippen molar-refractivity contribution in [3.8, 4) is 0 Å².